The Labute approximate surface area is 149 Å². The van der Waals surface area contributed by atoms with Gasteiger partial charge in [0.05, 0.1) is 12.5 Å². The Morgan fingerprint density at radius 3 is 2.31 bits per heavy atom. The van der Waals surface area contributed by atoms with Crippen LogP contribution in [0.4, 0.5) is 13.2 Å². The number of benzene rings is 3. The Bertz CT molecular complexity index is 963. The normalized spacial score (nSPS) is 11.3. The first kappa shape index (κ1) is 17.9. The van der Waals surface area contributed by atoms with Crippen molar-refractivity contribution in [1.82, 2.24) is 0 Å². The molecule has 26 heavy (non-hydrogen) atoms. The molecule has 0 saturated carbocycles. The summed E-state index contributed by atoms with van der Waals surface area (Å²) in [5, 5.41) is -0.164. The number of allylic oxidation sites excluding steroid dienone is 1. The zero-order chi connectivity index (χ0) is 18.7. The van der Waals surface area contributed by atoms with Crippen LogP contribution in [0.1, 0.15) is 6.92 Å². The van der Waals surface area contributed by atoms with Gasteiger partial charge in [-0.15, -0.1) is 0 Å². The SMILES string of the molecule is CC=CCOc1cc2ccc(-c3ccc(OC)cc3)c(F)c2c(F)c1F. The molecule has 0 aliphatic rings. The third kappa shape index (κ3) is 3.25. The molecule has 0 unspecified atom stereocenters. The van der Waals surface area contributed by atoms with Crippen LogP contribution in [0.25, 0.3) is 21.9 Å². The van der Waals surface area contributed by atoms with Crippen LogP contribution < -0.4 is 9.47 Å². The average molecular weight is 358 g/mol. The van der Waals surface area contributed by atoms with E-state index in [4.69, 9.17) is 9.47 Å². The molecule has 0 fully saturated rings. The van der Waals surface area contributed by atoms with Gasteiger partial charge in [0.1, 0.15) is 18.2 Å². The summed E-state index contributed by atoms with van der Waals surface area (Å²) in [6.07, 6.45) is 3.39. The summed E-state index contributed by atoms with van der Waals surface area (Å²) in [5.74, 6) is -2.90. The number of hydrogen-bond acceptors (Lipinski definition) is 2. The maximum Gasteiger partial charge on any atom is 0.201 e. The van der Waals surface area contributed by atoms with E-state index in [-0.39, 0.29) is 23.3 Å². The van der Waals surface area contributed by atoms with Crippen LogP contribution in [0.2, 0.25) is 0 Å². The molecule has 0 heterocycles. The van der Waals surface area contributed by atoms with E-state index in [2.05, 4.69) is 0 Å². The fraction of sp³-hybridized carbons (Fsp3) is 0.143. The van der Waals surface area contributed by atoms with Crippen molar-refractivity contribution >= 4 is 10.8 Å². The summed E-state index contributed by atoms with van der Waals surface area (Å²) in [7, 11) is 1.53. The maximum atomic E-state index is 14.9. The number of ether oxygens (including phenoxy) is 2. The lowest BCUT2D eigenvalue weighted by Crippen LogP contribution is -2.00. The highest BCUT2D eigenvalue weighted by Gasteiger charge is 2.20. The van der Waals surface area contributed by atoms with Gasteiger partial charge in [-0.3, -0.25) is 0 Å². The largest absolute Gasteiger partial charge is 0.497 e. The van der Waals surface area contributed by atoms with Gasteiger partial charge in [0.2, 0.25) is 5.82 Å². The summed E-state index contributed by atoms with van der Waals surface area (Å²) in [5.41, 5.74) is 0.722. The Balaban J connectivity index is 2.10. The highest BCUT2D eigenvalue weighted by Crippen LogP contribution is 2.35. The van der Waals surface area contributed by atoms with Gasteiger partial charge < -0.3 is 9.47 Å². The van der Waals surface area contributed by atoms with E-state index in [1.807, 2.05) is 0 Å². The molecular weight excluding hydrogens is 341 g/mol. The molecule has 0 atom stereocenters. The molecule has 0 saturated heterocycles. The van der Waals surface area contributed by atoms with E-state index in [1.165, 1.54) is 19.2 Å². The van der Waals surface area contributed by atoms with Crippen LogP contribution in [0.5, 0.6) is 11.5 Å². The number of fused-ring (bicyclic) bond motifs is 1. The summed E-state index contributed by atoms with van der Waals surface area (Å²) in [6, 6.07) is 11.0. The minimum atomic E-state index is -1.26. The maximum absolute atomic E-state index is 14.9. The van der Waals surface area contributed by atoms with E-state index in [0.29, 0.717) is 11.3 Å². The van der Waals surface area contributed by atoms with Crippen molar-refractivity contribution in [2.24, 2.45) is 0 Å². The summed E-state index contributed by atoms with van der Waals surface area (Å²) in [6.45, 7) is 1.89. The molecule has 3 rings (SSSR count). The van der Waals surface area contributed by atoms with Crippen LogP contribution in [0.3, 0.4) is 0 Å². The molecule has 134 valence electrons. The molecule has 3 aromatic carbocycles. The predicted octanol–water partition coefficient (Wildman–Crippen LogP) is 5.89. The second kappa shape index (κ2) is 7.52. The monoisotopic (exact) mass is 358 g/mol. The average Bonchev–Trinajstić information content (AvgIpc) is 2.66. The quantitative estimate of drug-likeness (QED) is 0.530. The lowest BCUT2D eigenvalue weighted by atomic mass is 9.99. The summed E-state index contributed by atoms with van der Waals surface area (Å²) >= 11 is 0. The first-order chi connectivity index (χ1) is 12.6. The minimum absolute atomic E-state index is 0.102. The van der Waals surface area contributed by atoms with Gasteiger partial charge in [0.15, 0.2) is 11.6 Å². The number of methoxy groups -OCH3 is 1. The van der Waals surface area contributed by atoms with Crippen LogP contribution in [0, 0.1) is 17.5 Å². The van der Waals surface area contributed by atoms with Crippen molar-refractivity contribution in [3.8, 4) is 22.6 Å². The van der Waals surface area contributed by atoms with Crippen molar-refractivity contribution < 1.29 is 22.6 Å². The second-order valence-corrected chi connectivity index (χ2v) is 5.64. The van der Waals surface area contributed by atoms with E-state index in [0.717, 1.165) is 0 Å². The van der Waals surface area contributed by atoms with E-state index < -0.39 is 22.8 Å². The van der Waals surface area contributed by atoms with E-state index in [1.54, 1.807) is 49.4 Å². The fourth-order valence-electron chi connectivity index (χ4n) is 2.69. The van der Waals surface area contributed by atoms with Gasteiger partial charge in [-0.2, -0.15) is 4.39 Å². The van der Waals surface area contributed by atoms with Crippen LogP contribution in [-0.4, -0.2) is 13.7 Å². The third-order valence-corrected chi connectivity index (χ3v) is 4.06. The topological polar surface area (TPSA) is 18.5 Å². The molecule has 2 nitrogen and oxygen atoms in total. The standard InChI is InChI=1S/C21H17F3O2/c1-3-4-11-26-17-12-14-7-10-16(13-5-8-15(25-2)9-6-13)19(22)18(14)21(24)20(17)23/h3-10,12H,11H2,1-2H3. The summed E-state index contributed by atoms with van der Waals surface area (Å²) < 4.78 is 54.0. The van der Waals surface area contributed by atoms with Gasteiger partial charge in [0.25, 0.3) is 0 Å². The Morgan fingerprint density at radius 1 is 0.923 bits per heavy atom. The first-order valence-electron chi connectivity index (χ1n) is 8.05. The van der Waals surface area contributed by atoms with Gasteiger partial charge in [-0.25, -0.2) is 8.78 Å². The molecule has 5 heteroatoms. The second-order valence-electron chi connectivity index (χ2n) is 5.64. The fourth-order valence-corrected chi connectivity index (χ4v) is 2.69. The lowest BCUT2D eigenvalue weighted by molar-refractivity contribution is 0.334. The lowest BCUT2D eigenvalue weighted by Gasteiger charge is -2.12. The molecule has 0 aliphatic heterocycles. The highest BCUT2D eigenvalue weighted by molar-refractivity contribution is 5.90. The zero-order valence-corrected chi connectivity index (χ0v) is 14.4. The summed E-state index contributed by atoms with van der Waals surface area (Å²) in [4.78, 5) is 0. The van der Waals surface area contributed by atoms with Gasteiger partial charge in [-0.1, -0.05) is 36.4 Å². The molecule has 3 aromatic rings. The van der Waals surface area contributed by atoms with Crippen molar-refractivity contribution in [3.05, 3.63) is 72.1 Å². The Kier molecular flexibility index (Phi) is 5.16. The number of rotatable bonds is 5. The van der Waals surface area contributed by atoms with E-state index in [9.17, 15) is 13.2 Å². The molecule has 0 N–H and O–H groups in total. The smallest absolute Gasteiger partial charge is 0.201 e. The molecule has 0 spiro atoms. The Morgan fingerprint density at radius 2 is 1.65 bits per heavy atom. The first-order valence-corrected chi connectivity index (χ1v) is 8.05. The van der Waals surface area contributed by atoms with Crippen molar-refractivity contribution in [3.63, 3.8) is 0 Å². The minimum Gasteiger partial charge on any atom is -0.497 e. The Hall–Kier alpha value is -2.95. The van der Waals surface area contributed by atoms with E-state index >= 15 is 0 Å². The molecule has 0 aromatic heterocycles. The van der Waals surface area contributed by atoms with Crippen molar-refractivity contribution in [2.75, 3.05) is 13.7 Å². The van der Waals surface area contributed by atoms with Crippen LogP contribution in [-0.2, 0) is 0 Å². The molecule has 0 radical (unpaired) electrons. The van der Waals surface area contributed by atoms with Gasteiger partial charge >= 0.3 is 0 Å². The highest BCUT2D eigenvalue weighted by atomic mass is 19.2. The molecular formula is C21H17F3O2. The molecule has 0 bridgehead atoms. The molecule has 0 aliphatic carbocycles. The van der Waals surface area contributed by atoms with Crippen molar-refractivity contribution in [1.29, 1.82) is 0 Å². The zero-order valence-electron chi connectivity index (χ0n) is 14.4. The van der Waals surface area contributed by atoms with Gasteiger partial charge in [-0.05, 0) is 36.1 Å². The molecule has 0 amide bonds. The van der Waals surface area contributed by atoms with Gasteiger partial charge in [0, 0.05) is 5.56 Å². The van der Waals surface area contributed by atoms with Crippen molar-refractivity contribution in [2.45, 2.75) is 6.92 Å². The predicted molar refractivity (Wildman–Crippen MR) is 96.1 cm³/mol. The number of halogens is 3. The van der Waals surface area contributed by atoms with Crippen LogP contribution in [0.15, 0.2) is 54.6 Å². The van der Waals surface area contributed by atoms with Crippen LogP contribution >= 0.6 is 0 Å². The number of hydrogen-bond donors (Lipinski definition) is 0. The third-order valence-electron chi connectivity index (χ3n) is 4.06.